The Morgan fingerprint density at radius 3 is 2.70 bits per heavy atom. The van der Waals surface area contributed by atoms with Crippen molar-refractivity contribution in [2.75, 3.05) is 13.2 Å². The summed E-state index contributed by atoms with van der Waals surface area (Å²) in [4.78, 5) is 19.8. The number of pyridine rings is 1. The normalized spacial score (nSPS) is 22.8. The molecule has 6 heteroatoms. The van der Waals surface area contributed by atoms with Gasteiger partial charge in [-0.1, -0.05) is 36.4 Å². The first kappa shape index (κ1) is 18.9. The van der Waals surface area contributed by atoms with E-state index in [1.54, 1.807) is 17.1 Å². The van der Waals surface area contributed by atoms with Crippen molar-refractivity contribution in [3.05, 3.63) is 66.5 Å². The number of hydrogen-bond acceptors (Lipinski definition) is 4. The molecular weight excluding hydrogens is 376 g/mol. The Kier molecular flexibility index (Phi) is 4.99. The van der Waals surface area contributed by atoms with Crippen LogP contribution in [0.4, 0.5) is 0 Å². The standard InChI is InChI=1S/C24H26N4O2/c1-27-23(17-7-3-2-4-8-17)21(14-26-27)24(29)28-15-18-10-11-20(28)13-19(18)16-30-22-9-5-6-12-25-22/h2-9,12,14,18-20H,10-11,13,15-16H2,1H3. The molecule has 1 aromatic carbocycles. The summed E-state index contributed by atoms with van der Waals surface area (Å²) in [7, 11) is 1.90. The van der Waals surface area contributed by atoms with E-state index >= 15 is 0 Å². The van der Waals surface area contributed by atoms with E-state index in [0.717, 1.165) is 37.1 Å². The zero-order chi connectivity index (χ0) is 20.5. The fraction of sp³-hybridized carbons (Fsp3) is 0.375. The Bertz CT molecular complexity index is 1020. The Hall–Kier alpha value is -3.15. The van der Waals surface area contributed by atoms with Gasteiger partial charge in [0.25, 0.3) is 5.91 Å². The summed E-state index contributed by atoms with van der Waals surface area (Å²) in [5.41, 5.74) is 2.60. The van der Waals surface area contributed by atoms with Crippen molar-refractivity contribution in [3.63, 3.8) is 0 Å². The van der Waals surface area contributed by atoms with E-state index in [1.165, 1.54) is 0 Å². The molecule has 0 N–H and O–H groups in total. The van der Waals surface area contributed by atoms with Crippen molar-refractivity contribution in [2.45, 2.75) is 25.3 Å². The number of ether oxygens (including phenoxy) is 1. The van der Waals surface area contributed by atoms with Gasteiger partial charge in [-0.05, 0) is 37.2 Å². The van der Waals surface area contributed by atoms with Gasteiger partial charge in [0, 0.05) is 37.5 Å². The number of carbonyl (C=O) groups excluding carboxylic acids is 1. The molecule has 3 fully saturated rings. The summed E-state index contributed by atoms with van der Waals surface area (Å²) in [6.07, 6.45) is 6.68. The number of hydrogen-bond donors (Lipinski definition) is 0. The topological polar surface area (TPSA) is 60.2 Å². The second-order valence-corrected chi connectivity index (χ2v) is 8.32. The van der Waals surface area contributed by atoms with E-state index in [2.05, 4.69) is 15.0 Å². The van der Waals surface area contributed by atoms with Gasteiger partial charge in [-0.2, -0.15) is 5.10 Å². The van der Waals surface area contributed by atoms with Crippen LogP contribution in [0.2, 0.25) is 0 Å². The van der Waals surface area contributed by atoms with E-state index in [9.17, 15) is 4.79 Å². The first-order valence-corrected chi connectivity index (χ1v) is 10.6. The van der Waals surface area contributed by atoms with Crippen molar-refractivity contribution in [1.29, 1.82) is 0 Å². The minimum Gasteiger partial charge on any atom is -0.477 e. The number of aryl methyl sites for hydroxylation is 1. The van der Waals surface area contributed by atoms with Gasteiger partial charge < -0.3 is 9.64 Å². The molecule has 1 aliphatic carbocycles. The predicted octanol–water partition coefficient (Wildman–Crippen LogP) is 3.80. The molecule has 2 aliphatic heterocycles. The molecular formula is C24H26N4O2. The number of nitrogens with zero attached hydrogens (tertiary/aromatic N) is 4. The molecule has 6 rings (SSSR count). The Morgan fingerprint density at radius 2 is 1.97 bits per heavy atom. The fourth-order valence-electron chi connectivity index (χ4n) is 4.99. The third kappa shape index (κ3) is 3.47. The maximum absolute atomic E-state index is 13.5. The highest BCUT2D eigenvalue weighted by molar-refractivity contribution is 6.00. The molecule has 3 aliphatic rings. The largest absolute Gasteiger partial charge is 0.477 e. The Balaban J connectivity index is 1.31. The molecule has 3 unspecified atom stereocenters. The molecule has 2 bridgehead atoms. The summed E-state index contributed by atoms with van der Waals surface area (Å²) in [6.45, 7) is 1.46. The van der Waals surface area contributed by atoms with Crippen molar-refractivity contribution < 1.29 is 9.53 Å². The maximum Gasteiger partial charge on any atom is 0.257 e. The van der Waals surface area contributed by atoms with Crippen LogP contribution in [0.25, 0.3) is 11.3 Å². The number of fused-ring (bicyclic) bond motifs is 3. The smallest absolute Gasteiger partial charge is 0.257 e. The highest BCUT2D eigenvalue weighted by Gasteiger charge is 2.43. The minimum atomic E-state index is 0.0979. The van der Waals surface area contributed by atoms with Gasteiger partial charge in [0.05, 0.1) is 24.1 Å². The zero-order valence-corrected chi connectivity index (χ0v) is 17.1. The molecule has 3 aromatic rings. The molecule has 4 heterocycles. The van der Waals surface area contributed by atoms with E-state index in [1.807, 2.05) is 55.6 Å². The van der Waals surface area contributed by atoms with Crippen LogP contribution >= 0.6 is 0 Å². The lowest BCUT2D eigenvalue weighted by Gasteiger charge is -2.49. The van der Waals surface area contributed by atoms with Gasteiger partial charge in [0.2, 0.25) is 5.88 Å². The monoisotopic (exact) mass is 402 g/mol. The lowest BCUT2D eigenvalue weighted by atomic mass is 9.72. The van der Waals surface area contributed by atoms with E-state index in [0.29, 0.717) is 29.9 Å². The van der Waals surface area contributed by atoms with E-state index in [-0.39, 0.29) is 11.9 Å². The van der Waals surface area contributed by atoms with Gasteiger partial charge in [0.15, 0.2) is 0 Å². The third-order valence-electron chi connectivity index (χ3n) is 6.54. The van der Waals surface area contributed by atoms with Gasteiger partial charge >= 0.3 is 0 Å². The molecule has 2 aromatic heterocycles. The Morgan fingerprint density at radius 1 is 1.13 bits per heavy atom. The first-order valence-electron chi connectivity index (χ1n) is 10.6. The quantitative estimate of drug-likeness (QED) is 0.651. The SMILES string of the molecule is Cn1ncc(C(=O)N2CC3CCC2CC3COc2ccccn2)c1-c1ccccc1. The molecule has 0 spiro atoms. The molecule has 6 nitrogen and oxygen atoms in total. The molecule has 0 radical (unpaired) electrons. The molecule has 3 atom stereocenters. The number of aromatic nitrogens is 3. The number of rotatable bonds is 5. The van der Waals surface area contributed by atoms with Crippen molar-refractivity contribution in [1.82, 2.24) is 19.7 Å². The molecule has 1 saturated carbocycles. The van der Waals surface area contributed by atoms with Crippen LogP contribution in [0.3, 0.4) is 0 Å². The summed E-state index contributed by atoms with van der Waals surface area (Å²) < 4.78 is 7.73. The maximum atomic E-state index is 13.5. The van der Waals surface area contributed by atoms with Gasteiger partial charge in [-0.25, -0.2) is 4.98 Å². The Labute approximate surface area is 176 Å². The average Bonchev–Trinajstić information content (AvgIpc) is 3.20. The number of carbonyl (C=O) groups is 1. The van der Waals surface area contributed by atoms with Gasteiger partial charge in [-0.3, -0.25) is 9.48 Å². The van der Waals surface area contributed by atoms with Crippen molar-refractivity contribution in [2.24, 2.45) is 18.9 Å². The summed E-state index contributed by atoms with van der Waals surface area (Å²) in [5.74, 6) is 1.72. The lowest BCUT2D eigenvalue weighted by molar-refractivity contribution is -0.00468. The number of amides is 1. The molecule has 30 heavy (non-hydrogen) atoms. The highest BCUT2D eigenvalue weighted by Crippen LogP contribution is 2.40. The fourth-order valence-corrected chi connectivity index (χ4v) is 4.99. The number of benzene rings is 1. The second-order valence-electron chi connectivity index (χ2n) is 8.32. The minimum absolute atomic E-state index is 0.0979. The zero-order valence-electron chi connectivity index (χ0n) is 17.1. The van der Waals surface area contributed by atoms with Crippen LogP contribution in [-0.4, -0.2) is 44.8 Å². The molecule has 1 amide bonds. The third-order valence-corrected chi connectivity index (χ3v) is 6.54. The molecule has 2 saturated heterocycles. The van der Waals surface area contributed by atoms with Crippen LogP contribution in [0, 0.1) is 11.8 Å². The summed E-state index contributed by atoms with van der Waals surface area (Å²) in [5, 5.41) is 4.39. The lowest BCUT2D eigenvalue weighted by Crippen LogP contribution is -2.55. The average molecular weight is 402 g/mol. The summed E-state index contributed by atoms with van der Waals surface area (Å²) >= 11 is 0. The number of piperidine rings is 2. The van der Waals surface area contributed by atoms with E-state index in [4.69, 9.17) is 4.74 Å². The first-order chi connectivity index (χ1) is 14.7. The van der Waals surface area contributed by atoms with Crippen molar-refractivity contribution in [3.8, 4) is 17.1 Å². The van der Waals surface area contributed by atoms with Crippen molar-refractivity contribution >= 4 is 5.91 Å². The van der Waals surface area contributed by atoms with Crippen LogP contribution in [-0.2, 0) is 7.05 Å². The van der Waals surface area contributed by atoms with Crippen LogP contribution in [0.15, 0.2) is 60.9 Å². The highest BCUT2D eigenvalue weighted by atomic mass is 16.5. The van der Waals surface area contributed by atoms with Crippen LogP contribution < -0.4 is 4.74 Å². The van der Waals surface area contributed by atoms with Gasteiger partial charge in [0.1, 0.15) is 0 Å². The predicted molar refractivity (Wildman–Crippen MR) is 114 cm³/mol. The van der Waals surface area contributed by atoms with Crippen LogP contribution in [0.1, 0.15) is 29.6 Å². The van der Waals surface area contributed by atoms with Crippen LogP contribution in [0.5, 0.6) is 5.88 Å². The van der Waals surface area contributed by atoms with Gasteiger partial charge in [-0.15, -0.1) is 0 Å². The van der Waals surface area contributed by atoms with E-state index < -0.39 is 0 Å². The molecule has 154 valence electrons. The summed E-state index contributed by atoms with van der Waals surface area (Å²) in [6, 6.07) is 16.0. The second kappa shape index (κ2) is 7.94.